The molecule has 0 aliphatic rings. The molecule has 0 spiro atoms. The van der Waals surface area contributed by atoms with Gasteiger partial charge in [0.2, 0.25) is 5.95 Å². The molecule has 1 aromatic heterocycles. The van der Waals surface area contributed by atoms with Crippen LogP contribution in [0.2, 0.25) is 0 Å². The van der Waals surface area contributed by atoms with E-state index in [1.54, 1.807) is 6.07 Å². The van der Waals surface area contributed by atoms with Gasteiger partial charge in [-0.15, -0.1) is 0 Å². The number of rotatable bonds is 6. The average molecular weight is 253 g/mol. The Bertz CT molecular complexity index is 380. The summed E-state index contributed by atoms with van der Waals surface area (Å²) in [5.41, 5.74) is 8.17. The molecule has 0 aliphatic heterocycles. The topological polar surface area (TPSA) is 96.3 Å². The summed E-state index contributed by atoms with van der Waals surface area (Å²) in [4.78, 5) is 12.5. The Balaban J connectivity index is 2.97. The highest BCUT2D eigenvalue weighted by atomic mass is 15.3. The molecular weight excluding hydrogens is 230 g/mol. The third-order valence-electron chi connectivity index (χ3n) is 2.67. The van der Waals surface area contributed by atoms with E-state index in [-0.39, 0.29) is 5.95 Å². The van der Waals surface area contributed by atoms with Crippen LogP contribution in [0.15, 0.2) is 6.07 Å². The number of aromatic nitrogens is 2. The number of hydrazine groups is 1. The van der Waals surface area contributed by atoms with Crippen LogP contribution < -0.4 is 21.9 Å². The molecule has 0 radical (unpaired) electrons. The Labute approximate surface area is 108 Å². The molecule has 0 saturated carbocycles. The third-order valence-corrected chi connectivity index (χ3v) is 2.67. The smallest absolute Gasteiger partial charge is 0.223 e. The number of hydrogen-bond donors (Lipinski definition) is 3. The molecule has 1 rings (SSSR count). The van der Waals surface area contributed by atoms with E-state index < -0.39 is 0 Å². The van der Waals surface area contributed by atoms with E-state index in [9.17, 15) is 0 Å². The zero-order valence-electron chi connectivity index (χ0n) is 11.5. The lowest BCUT2D eigenvalue weighted by Crippen LogP contribution is -2.40. The Morgan fingerprint density at radius 3 is 2.56 bits per heavy atom. The standard InChI is InChI=1S/C11H23N7/c1-5-18(8(2)7-17(3)4)10-6-9(16-13)14-11(12)15-10/h6,8H,5,7,13H2,1-4H3,(H3,12,14,15,16). The molecule has 0 saturated heterocycles. The largest absolute Gasteiger partial charge is 0.368 e. The fraction of sp³-hybridized carbons (Fsp3) is 0.636. The van der Waals surface area contributed by atoms with Gasteiger partial charge in [-0.2, -0.15) is 9.97 Å². The zero-order chi connectivity index (χ0) is 13.7. The quantitative estimate of drug-likeness (QED) is 0.489. The summed E-state index contributed by atoms with van der Waals surface area (Å²) in [5, 5.41) is 0. The summed E-state index contributed by atoms with van der Waals surface area (Å²) in [7, 11) is 4.09. The van der Waals surface area contributed by atoms with E-state index in [0.29, 0.717) is 11.9 Å². The van der Waals surface area contributed by atoms with E-state index >= 15 is 0 Å². The maximum atomic E-state index is 5.67. The van der Waals surface area contributed by atoms with Crippen molar-refractivity contribution in [1.82, 2.24) is 14.9 Å². The van der Waals surface area contributed by atoms with E-state index in [1.165, 1.54) is 0 Å². The van der Waals surface area contributed by atoms with Crippen LogP contribution in [0.1, 0.15) is 13.8 Å². The van der Waals surface area contributed by atoms with Crippen LogP contribution in [-0.2, 0) is 0 Å². The van der Waals surface area contributed by atoms with E-state index in [1.807, 2.05) is 14.1 Å². The molecule has 1 unspecified atom stereocenters. The number of nitrogens with one attached hydrogen (secondary N) is 1. The summed E-state index contributed by atoms with van der Waals surface area (Å²) in [6.45, 7) is 6.01. The van der Waals surface area contributed by atoms with Crippen molar-refractivity contribution in [3.8, 4) is 0 Å². The van der Waals surface area contributed by atoms with Gasteiger partial charge in [0.25, 0.3) is 0 Å². The van der Waals surface area contributed by atoms with Crippen LogP contribution in [-0.4, -0.2) is 48.1 Å². The van der Waals surface area contributed by atoms with Gasteiger partial charge in [0.1, 0.15) is 11.6 Å². The lowest BCUT2D eigenvalue weighted by molar-refractivity contribution is 0.372. The average Bonchev–Trinajstić information content (AvgIpc) is 2.28. The lowest BCUT2D eigenvalue weighted by atomic mass is 10.2. The minimum Gasteiger partial charge on any atom is -0.368 e. The normalized spacial score (nSPS) is 12.6. The van der Waals surface area contributed by atoms with Crippen molar-refractivity contribution in [3.63, 3.8) is 0 Å². The second-order valence-corrected chi connectivity index (χ2v) is 4.51. The number of hydrogen-bond acceptors (Lipinski definition) is 7. The molecule has 18 heavy (non-hydrogen) atoms. The lowest BCUT2D eigenvalue weighted by Gasteiger charge is -2.31. The molecule has 7 nitrogen and oxygen atoms in total. The molecule has 0 aliphatic carbocycles. The Morgan fingerprint density at radius 2 is 2.06 bits per heavy atom. The zero-order valence-corrected chi connectivity index (χ0v) is 11.5. The third kappa shape index (κ3) is 3.71. The molecule has 0 amide bonds. The van der Waals surface area contributed by atoms with Crippen molar-refractivity contribution in [2.24, 2.45) is 5.84 Å². The van der Waals surface area contributed by atoms with Gasteiger partial charge in [0.15, 0.2) is 0 Å². The van der Waals surface area contributed by atoms with Gasteiger partial charge in [0, 0.05) is 25.2 Å². The van der Waals surface area contributed by atoms with Gasteiger partial charge in [-0.1, -0.05) is 0 Å². The van der Waals surface area contributed by atoms with Crippen molar-refractivity contribution in [3.05, 3.63) is 6.07 Å². The molecule has 102 valence electrons. The van der Waals surface area contributed by atoms with Crippen LogP contribution in [0.4, 0.5) is 17.6 Å². The maximum absolute atomic E-state index is 5.67. The van der Waals surface area contributed by atoms with Gasteiger partial charge < -0.3 is 21.0 Å². The van der Waals surface area contributed by atoms with Gasteiger partial charge >= 0.3 is 0 Å². The Morgan fingerprint density at radius 1 is 1.39 bits per heavy atom. The molecule has 0 bridgehead atoms. The fourth-order valence-corrected chi connectivity index (χ4v) is 2.00. The highest BCUT2D eigenvalue weighted by Gasteiger charge is 2.16. The molecule has 1 aromatic rings. The number of nitrogens with two attached hydrogens (primary N) is 2. The highest BCUT2D eigenvalue weighted by molar-refractivity contribution is 5.52. The summed E-state index contributed by atoms with van der Waals surface area (Å²) in [5.74, 6) is 6.89. The van der Waals surface area contributed by atoms with E-state index in [0.717, 1.165) is 18.9 Å². The highest BCUT2D eigenvalue weighted by Crippen LogP contribution is 2.18. The molecule has 0 fully saturated rings. The van der Waals surface area contributed by atoms with Crippen LogP contribution in [0, 0.1) is 0 Å². The van der Waals surface area contributed by atoms with Gasteiger partial charge in [-0.3, -0.25) is 0 Å². The first-order valence-electron chi connectivity index (χ1n) is 6.00. The Kier molecular flexibility index (Phi) is 5.11. The second kappa shape index (κ2) is 6.36. The van der Waals surface area contributed by atoms with E-state index in [2.05, 4.69) is 39.0 Å². The molecular formula is C11H23N7. The predicted octanol–water partition coefficient (Wildman–Crippen LogP) is 0.121. The number of nitrogen functional groups attached to an aromatic ring is 2. The van der Waals surface area contributed by atoms with Crippen LogP contribution in [0.5, 0.6) is 0 Å². The minimum absolute atomic E-state index is 0.218. The fourth-order valence-electron chi connectivity index (χ4n) is 2.00. The molecule has 5 N–H and O–H groups in total. The summed E-state index contributed by atoms with van der Waals surface area (Å²) in [6, 6.07) is 2.12. The summed E-state index contributed by atoms with van der Waals surface area (Å²) in [6.07, 6.45) is 0. The summed E-state index contributed by atoms with van der Waals surface area (Å²) >= 11 is 0. The van der Waals surface area contributed by atoms with Gasteiger partial charge in [-0.05, 0) is 27.9 Å². The number of likely N-dealkylation sites (N-methyl/N-ethyl adjacent to an activating group) is 2. The summed E-state index contributed by atoms with van der Waals surface area (Å²) < 4.78 is 0. The monoisotopic (exact) mass is 253 g/mol. The molecule has 1 heterocycles. The van der Waals surface area contributed by atoms with Crippen molar-refractivity contribution < 1.29 is 0 Å². The molecule has 7 heteroatoms. The maximum Gasteiger partial charge on any atom is 0.223 e. The minimum atomic E-state index is 0.218. The SMILES string of the molecule is CCN(c1cc(NN)nc(N)n1)C(C)CN(C)C. The first-order valence-corrected chi connectivity index (χ1v) is 6.00. The van der Waals surface area contributed by atoms with Crippen molar-refractivity contribution in [1.29, 1.82) is 0 Å². The first kappa shape index (κ1) is 14.5. The predicted molar refractivity (Wildman–Crippen MR) is 75.3 cm³/mol. The first-order chi connectivity index (χ1) is 8.47. The Hall–Kier alpha value is -1.60. The van der Waals surface area contributed by atoms with Crippen LogP contribution in [0.3, 0.4) is 0 Å². The van der Waals surface area contributed by atoms with Crippen molar-refractivity contribution in [2.75, 3.05) is 43.2 Å². The second-order valence-electron chi connectivity index (χ2n) is 4.51. The molecule has 0 aromatic carbocycles. The van der Waals surface area contributed by atoms with Crippen molar-refractivity contribution >= 4 is 17.6 Å². The van der Waals surface area contributed by atoms with Crippen LogP contribution >= 0.6 is 0 Å². The number of anilines is 3. The van der Waals surface area contributed by atoms with Gasteiger partial charge in [0.05, 0.1) is 0 Å². The van der Waals surface area contributed by atoms with E-state index in [4.69, 9.17) is 11.6 Å². The van der Waals surface area contributed by atoms with Crippen molar-refractivity contribution in [2.45, 2.75) is 19.9 Å². The molecule has 1 atom stereocenters. The van der Waals surface area contributed by atoms with Gasteiger partial charge in [-0.25, -0.2) is 5.84 Å². The number of nitrogens with zero attached hydrogens (tertiary/aromatic N) is 4. The van der Waals surface area contributed by atoms with Crippen LogP contribution in [0.25, 0.3) is 0 Å².